The van der Waals surface area contributed by atoms with Crippen LogP contribution in [0, 0.1) is 0 Å². The van der Waals surface area contributed by atoms with E-state index in [1.54, 1.807) is 0 Å². The van der Waals surface area contributed by atoms with Crippen molar-refractivity contribution >= 4 is 29.5 Å². The summed E-state index contributed by atoms with van der Waals surface area (Å²) in [6.45, 7) is -4.65. The van der Waals surface area contributed by atoms with Crippen molar-refractivity contribution < 1.29 is 291 Å². The molecule has 146 heavy (non-hydrogen) atoms. The summed E-state index contributed by atoms with van der Waals surface area (Å²) in [6.07, 6.45) is -118. The van der Waals surface area contributed by atoms with Gasteiger partial charge < -0.3 is 294 Å². The number of nitrogens with one attached hydrogen (secondary N) is 5. The van der Waals surface area contributed by atoms with Crippen molar-refractivity contribution in [1.29, 1.82) is 0 Å². The largest absolute Gasteiger partial charge is 0.394 e. The van der Waals surface area contributed by atoms with Gasteiger partial charge in [-0.05, 0) is 13.8 Å². The summed E-state index contributed by atoms with van der Waals surface area (Å²) in [7, 11) is 0. The first-order chi connectivity index (χ1) is 69.0. The van der Waals surface area contributed by atoms with Crippen LogP contribution < -0.4 is 26.6 Å². The monoisotopic (exact) mass is 2140 g/mol. The Morgan fingerprint density at radius 2 is 0.445 bits per heavy atom. The summed E-state index contributed by atoms with van der Waals surface area (Å²) in [5, 5.41) is 364. The van der Waals surface area contributed by atoms with Gasteiger partial charge in [0.25, 0.3) is 0 Å². The third-order valence-electron chi connectivity index (χ3n) is 27.0. The number of amides is 5. The van der Waals surface area contributed by atoms with E-state index >= 15 is 0 Å². The zero-order valence-corrected chi connectivity index (χ0v) is 79.0. The number of aliphatic hydroxyl groups is 31. The SMILES string of the molecule is CC(=O)N[C@@H]1[C@H](O[C@@H]2[C@@H](O[C@@H]3[C@H](O)[C@H](O[C@H]4[C@H](O)[C@@H](NC(C)=O)[C@H](O[C@H]5[C@H](O)[C@@H](NC(C)=O)[C@H](O)O[C@@H]5CO[C@@H]5O[C@@H](C)[C@@H](O)[C@@H](O)[C@@H]5O)O[C@@H]4CO)O[C@H](CO[C@H]4O[C@H](CO)[C@@H](O)[C@H](O)[C@@H]4O[C@@H]4O[C@H](CO)[C@@H](O[C@@H]5O[C@H](CO)[C@H](O)[C@H](O)[C@H]5NC(C)=O)[C@H](O)[C@H]4NC(C)=O)[C@H]3O)O[C@H](CO)[C@@H](O)[C@@H]2O)O[C@H](CO)[C@@H](O[C@@H]2O[C@H](CO)[C@H](O)[C@H](O[C@H]3O[C@H](CO)[C@H](O)[C@H](O)[C@H]3O)[C@H]2O)[C@@H]1O[C@@H]1O[C@@H](C)[C@@H](O)[C@@H](O)[C@@H]1O. The van der Waals surface area contributed by atoms with Gasteiger partial charge in [0.2, 0.25) is 29.5 Å². The van der Waals surface area contributed by atoms with Gasteiger partial charge in [0.1, 0.15) is 280 Å². The highest BCUT2D eigenvalue weighted by atomic mass is 16.8. The number of hydrogen-bond acceptors (Lipinski definition) is 59. The van der Waals surface area contributed by atoms with Gasteiger partial charge in [0.05, 0.1) is 78.3 Å². The molecule has 64 heteroatoms. The Balaban J connectivity index is 0.902. The van der Waals surface area contributed by atoms with E-state index in [-0.39, 0.29) is 0 Å². The van der Waals surface area contributed by atoms with Gasteiger partial charge in [0, 0.05) is 34.6 Å². The average molecular weight is 2140 g/mol. The van der Waals surface area contributed by atoms with Gasteiger partial charge in [0.15, 0.2) is 75.5 Å². The summed E-state index contributed by atoms with van der Waals surface area (Å²) < 4.78 is 139. The van der Waals surface area contributed by atoms with Crippen molar-refractivity contribution in [3.63, 3.8) is 0 Å². The molecule has 12 saturated heterocycles. The van der Waals surface area contributed by atoms with Gasteiger partial charge in [-0.2, -0.15) is 0 Å². The van der Waals surface area contributed by atoms with Crippen LogP contribution in [0.3, 0.4) is 0 Å². The van der Waals surface area contributed by atoms with Crippen LogP contribution in [0.2, 0.25) is 0 Å². The van der Waals surface area contributed by atoms with E-state index in [1.165, 1.54) is 13.8 Å². The number of hydrogen-bond donors (Lipinski definition) is 36. The standard InChI is InChI=1S/C82H137N5O59/c1-18-40(101)52(113)57(118)76(126-18)124-17-34-64(49(110)35(71(123)128-34)83-20(3)96)139-73-37(85-22(5)98)51(112)63(31(14-94)134-73)140-80-61(122)68(47(108)33(137-80)16-125-81-69(55(116)44(105)27(10-90)132-81)145-74-38(86-23(6)99)50(111)62(30(13-93)135-74)138-72-36(84-21(4)97)48(109)42(103)25(8-88)129-72)144-82-70(56(117)45(106)28(11-91)133-82)146-75-39(87-24(7)100)66(142-77-58(119)53(114)41(102)19(2)127-77)65(32(15-95)136-75)141-79-60(121)67(46(107)29(12-92)131-79)143-78-59(120)54(115)43(104)26(9-89)130-78/h18-19,25-82,88-95,101-123H,8-17H2,1-7H3,(H,83,96)(H,84,97)(H,85,98)(H,86,99)(H,87,100)/t18-,19-,25+,26+,27+,28+,29+,30+,31+,32+,33+,34+,35+,36+,37+,38+,39-,40+,41+,42-,43-,44+,45+,46-,47+,48+,49+,50+,51+,52+,53+,54-,55-,56-,57-,58-,59+,60+,61-,62+,63+,64+,65+,66+,67-,68-,69-,70-,71+,72-,73-,74-,75-,76+,77-,78+,79-,80-,81-,82+/m0/s1. The molecule has 12 fully saturated rings. The molecule has 0 aromatic carbocycles. The predicted molar refractivity (Wildman–Crippen MR) is 450 cm³/mol. The first kappa shape index (κ1) is 120. The molecular formula is C82H137N5O59. The molecule has 0 aliphatic carbocycles. The Hall–Kier alpha value is -4.81. The van der Waals surface area contributed by atoms with Crippen LogP contribution in [-0.4, -0.2) is 622 Å². The molecule has 12 aliphatic heterocycles. The van der Waals surface area contributed by atoms with E-state index in [2.05, 4.69) is 26.6 Å². The van der Waals surface area contributed by atoms with Crippen molar-refractivity contribution in [1.82, 2.24) is 26.6 Å². The van der Waals surface area contributed by atoms with Crippen LogP contribution in [0.1, 0.15) is 48.5 Å². The van der Waals surface area contributed by atoms with Gasteiger partial charge in [-0.1, -0.05) is 0 Å². The van der Waals surface area contributed by atoms with Crippen molar-refractivity contribution in [2.45, 2.75) is 417 Å². The molecule has 12 rings (SSSR count). The normalized spacial score (nSPS) is 49.8. The first-order valence-corrected chi connectivity index (χ1v) is 46.9. The highest BCUT2D eigenvalue weighted by Gasteiger charge is 2.64. The average Bonchev–Trinajstić information content (AvgIpc) is 0.751. The fraction of sp³-hybridized carbons (Fsp3) is 0.939. The molecule has 12 heterocycles. The van der Waals surface area contributed by atoms with Gasteiger partial charge in [-0.3, -0.25) is 24.0 Å². The van der Waals surface area contributed by atoms with Gasteiger partial charge >= 0.3 is 0 Å². The number of rotatable bonds is 37. The maximum Gasteiger partial charge on any atom is 0.217 e. The van der Waals surface area contributed by atoms with E-state index < -0.39 is 464 Å². The van der Waals surface area contributed by atoms with Crippen molar-refractivity contribution in [3.05, 3.63) is 0 Å². The molecule has 0 radical (unpaired) electrons. The lowest BCUT2D eigenvalue weighted by molar-refractivity contribution is -0.405. The first-order valence-electron chi connectivity index (χ1n) is 46.9. The second kappa shape index (κ2) is 52.2. The number of carbonyl (C=O) groups excluding carboxylic acids is 5. The van der Waals surface area contributed by atoms with Crippen molar-refractivity contribution in [2.24, 2.45) is 0 Å². The second-order valence-electron chi connectivity index (χ2n) is 37.3. The Bertz CT molecular complexity index is 4090. The maximum atomic E-state index is 13.9. The minimum Gasteiger partial charge on any atom is -0.394 e. The van der Waals surface area contributed by atoms with Crippen LogP contribution in [0.25, 0.3) is 0 Å². The fourth-order valence-electron chi connectivity index (χ4n) is 19.1. The molecule has 0 saturated carbocycles. The van der Waals surface area contributed by atoms with Crippen molar-refractivity contribution in [2.75, 3.05) is 66.1 Å². The summed E-state index contributed by atoms with van der Waals surface area (Å²) in [5.41, 5.74) is 0. The predicted octanol–water partition coefficient (Wildman–Crippen LogP) is -24.4. The number of carbonyl (C=O) groups is 5. The minimum atomic E-state index is -2.75. The van der Waals surface area contributed by atoms with Gasteiger partial charge in [-0.25, -0.2) is 0 Å². The molecular weight excluding hydrogens is 2000 g/mol. The Morgan fingerprint density at radius 3 is 0.890 bits per heavy atom. The fourth-order valence-corrected chi connectivity index (χ4v) is 19.1. The lowest BCUT2D eigenvalue weighted by Crippen LogP contribution is -2.72. The molecule has 0 spiro atoms. The third kappa shape index (κ3) is 26.4. The Morgan fingerprint density at radius 1 is 0.192 bits per heavy atom. The van der Waals surface area contributed by atoms with Crippen LogP contribution in [0.4, 0.5) is 0 Å². The molecule has 64 nitrogen and oxygen atoms in total. The van der Waals surface area contributed by atoms with Crippen LogP contribution in [0.15, 0.2) is 0 Å². The van der Waals surface area contributed by atoms with Crippen LogP contribution in [0.5, 0.6) is 0 Å². The Labute approximate surface area is 827 Å². The molecule has 0 unspecified atom stereocenters. The molecule has 0 aromatic heterocycles. The highest BCUT2D eigenvalue weighted by Crippen LogP contribution is 2.43. The second-order valence-corrected chi connectivity index (χ2v) is 37.3. The lowest BCUT2D eigenvalue weighted by Gasteiger charge is -2.52. The molecule has 12 aliphatic rings. The summed E-state index contributed by atoms with van der Waals surface area (Å²) in [6, 6.07) is -9.81. The van der Waals surface area contributed by atoms with E-state index in [9.17, 15) is 182 Å². The molecule has 60 atom stereocenters. The number of aliphatic hydroxyl groups excluding tert-OH is 31. The molecule has 5 amide bonds. The topological polar surface area (TPSA) is 985 Å². The van der Waals surface area contributed by atoms with E-state index in [0.717, 1.165) is 34.6 Å². The summed E-state index contributed by atoms with van der Waals surface area (Å²) in [4.78, 5) is 65.5. The van der Waals surface area contributed by atoms with Crippen molar-refractivity contribution in [3.8, 4) is 0 Å². The quantitative estimate of drug-likeness (QED) is 0.0275. The zero-order valence-electron chi connectivity index (χ0n) is 79.0. The Kier molecular flexibility index (Phi) is 42.8. The summed E-state index contributed by atoms with van der Waals surface area (Å²) >= 11 is 0. The van der Waals surface area contributed by atoms with E-state index in [1.807, 2.05) is 0 Å². The smallest absolute Gasteiger partial charge is 0.217 e. The lowest BCUT2D eigenvalue weighted by atomic mass is 9.93. The minimum absolute atomic E-state index is 0.834. The molecule has 0 aromatic rings. The summed E-state index contributed by atoms with van der Waals surface area (Å²) in [5.74, 6) is -4.85. The van der Waals surface area contributed by atoms with Gasteiger partial charge in [-0.15, -0.1) is 0 Å². The van der Waals surface area contributed by atoms with E-state index in [4.69, 9.17) is 109 Å². The zero-order chi connectivity index (χ0) is 107. The molecule has 844 valence electrons. The highest BCUT2D eigenvalue weighted by molar-refractivity contribution is 5.75. The third-order valence-corrected chi connectivity index (χ3v) is 27.0. The van der Waals surface area contributed by atoms with Crippen LogP contribution in [-0.2, 0) is 133 Å². The molecule has 36 N–H and O–H groups in total. The number of ether oxygens (including phenoxy) is 23. The van der Waals surface area contributed by atoms with E-state index in [0.29, 0.717) is 0 Å². The van der Waals surface area contributed by atoms with Crippen LogP contribution >= 0.6 is 0 Å². The molecule has 0 bridgehead atoms. The maximum absolute atomic E-state index is 13.9.